The van der Waals surface area contributed by atoms with Crippen LogP contribution in [0.15, 0.2) is 48.5 Å². The lowest BCUT2D eigenvalue weighted by Gasteiger charge is -2.11. The zero-order valence-electron chi connectivity index (χ0n) is 11.5. The van der Waals surface area contributed by atoms with Crippen molar-refractivity contribution in [1.29, 1.82) is 0 Å². The fourth-order valence-corrected chi connectivity index (χ4v) is 1.89. The molecule has 0 amide bonds. The molecule has 2 rings (SSSR count). The molecule has 0 aromatic heterocycles. The molecule has 0 aliphatic carbocycles. The van der Waals surface area contributed by atoms with E-state index < -0.39 is 6.36 Å². The van der Waals surface area contributed by atoms with Gasteiger partial charge in [-0.3, -0.25) is 0 Å². The lowest BCUT2D eigenvalue weighted by molar-refractivity contribution is -0.274. The Labute approximate surface area is 121 Å². The number of halogens is 3. The number of hydrogen-bond acceptors (Lipinski definition) is 2. The van der Waals surface area contributed by atoms with Crippen LogP contribution in [-0.4, -0.2) is 6.36 Å². The Morgan fingerprint density at radius 2 is 1.62 bits per heavy atom. The Balaban J connectivity index is 1.98. The summed E-state index contributed by atoms with van der Waals surface area (Å²) in [6.45, 7) is 2.33. The van der Waals surface area contributed by atoms with E-state index >= 15 is 0 Å². The van der Waals surface area contributed by atoms with E-state index in [1.54, 1.807) is 12.1 Å². The van der Waals surface area contributed by atoms with E-state index in [1.807, 2.05) is 31.2 Å². The molecule has 0 aliphatic heterocycles. The van der Waals surface area contributed by atoms with Crippen LogP contribution in [0.4, 0.5) is 13.2 Å². The molecular weight excluding hydrogens is 281 g/mol. The van der Waals surface area contributed by atoms with E-state index in [0.29, 0.717) is 6.61 Å². The second-order valence-electron chi connectivity index (χ2n) is 4.44. The van der Waals surface area contributed by atoms with Crippen molar-refractivity contribution in [3.8, 4) is 11.5 Å². The highest BCUT2D eigenvalue weighted by Gasteiger charge is 2.30. The van der Waals surface area contributed by atoms with Gasteiger partial charge in [-0.05, 0) is 35.7 Å². The summed E-state index contributed by atoms with van der Waals surface area (Å²) in [4.78, 5) is 0. The van der Waals surface area contributed by atoms with Crippen molar-refractivity contribution in [3.63, 3.8) is 0 Å². The van der Waals surface area contributed by atoms with Crippen molar-refractivity contribution < 1.29 is 22.6 Å². The van der Waals surface area contributed by atoms with E-state index in [-0.39, 0.29) is 5.75 Å². The van der Waals surface area contributed by atoms with E-state index in [9.17, 15) is 13.2 Å². The van der Waals surface area contributed by atoms with Gasteiger partial charge in [0.15, 0.2) is 0 Å². The predicted octanol–water partition coefficient (Wildman–Crippen LogP) is 4.73. The van der Waals surface area contributed by atoms with Gasteiger partial charge in [0.1, 0.15) is 18.1 Å². The molecule has 21 heavy (non-hydrogen) atoms. The van der Waals surface area contributed by atoms with E-state index in [2.05, 4.69) is 4.74 Å². The summed E-state index contributed by atoms with van der Waals surface area (Å²) in [7, 11) is 0. The smallest absolute Gasteiger partial charge is 0.489 e. The maximum atomic E-state index is 12.0. The summed E-state index contributed by atoms with van der Waals surface area (Å²) < 4.78 is 45.7. The molecule has 0 aliphatic rings. The summed E-state index contributed by atoms with van der Waals surface area (Å²) in [5.74, 6) is 0.552. The average Bonchev–Trinajstić information content (AvgIpc) is 2.45. The van der Waals surface area contributed by atoms with Crippen LogP contribution in [-0.2, 0) is 13.0 Å². The fraction of sp³-hybridized carbons (Fsp3) is 0.250. The van der Waals surface area contributed by atoms with E-state index in [1.165, 1.54) is 12.1 Å². The number of hydrogen-bond donors (Lipinski definition) is 0. The standard InChI is InChI=1S/C16H15F3O2/c1-2-13-5-3-4-6-15(13)20-11-12-7-9-14(10-8-12)21-16(17,18)19/h3-10H,2,11H2,1H3. The molecule has 0 unspecified atom stereocenters. The molecule has 0 saturated carbocycles. The number of para-hydroxylation sites is 1. The number of rotatable bonds is 5. The quantitative estimate of drug-likeness (QED) is 0.794. The first kappa shape index (κ1) is 15.2. The van der Waals surface area contributed by atoms with E-state index in [0.717, 1.165) is 23.3 Å². The molecule has 0 saturated heterocycles. The molecule has 2 nitrogen and oxygen atoms in total. The Hall–Kier alpha value is -2.17. The third-order valence-corrected chi connectivity index (χ3v) is 2.90. The second kappa shape index (κ2) is 6.52. The van der Waals surface area contributed by atoms with Crippen LogP contribution in [0.5, 0.6) is 11.5 Å². The molecule has 2 aromatic carbocycles. The molecular formula is C16H15F3O2. The molecule has 0 atom stereocenters. The van der Waals surface area contributed by atoms with Gasteiger partial charge in [-0.25, -0.2) is 0 Å². The predicted molar refractivity (Wildman–Crippen MR) is 73.3 cm³/mol. The summed E-state index contributed by atoms with van der Waals surface area (Å²) in [5, 5.41) is 0. The lowest BCUT2D eigenvalue weighted by Crippen LogP contribution is -2.17. The first-order valence-corrected chi connectivity index (χ1v) is 6.53. The molecule has 0 fully saturated rings. The third kappa shape index (κ3) is 4.70. The van der Waals surface area contributed by atoms with Crippen molar-refractivity contribution in [2.24, 2.45) is 0 Å². The Morgan fingerprint density at radius 3 is 2.24 bits per heavy atom. The lowest BCUT2D eigenvalue weighted by atomic mass is 10.1. The number of ether oxygens (including phenoxy) is 2. The van der Waals surface area contributed by atoms with Gasteiger partial charge in [-0.15, -0.1) is 13.2 Å². The van der Waals surface area contributed by atoms with Gasteiger partial charge < -0.3 is 9.47 Å². The highest BCUT2D eigenvalue weighted by atomic mass is 19.4. The van der Waals surface area contributed by atoms with Crippen molar-refractivity contribution in [3.05, 3.63) is 59.7 Å². The normalized spacial score (nSPS) is 11.2. The minimum absolute atomic E-state index is 0.236. The van der Waals surface area contributed by atoms with E-state index in [4.69, 9.17) is 4.74 Å². The maximum absolute atomic E-state index is 12.0. The zero-order chi connectivity index (χ0) is 15.3. The van der Waals surface area contributed by atoms with Gasteiger partial charge >= 0.3 is 6.36 Å². The van der Waals surface area contributed by atoms with Crippen LogP contribution in [0.3, 0.4) is 0 Å². The molecule has 0 N–H and O–H groups in total. The topological polar surface area (TPSA) is 18.5 Å². The molecule has 0 radical (unpaired) electrons. The van der Waals surface area contributed by atoms with Crippen molar-refractivity contribution in [2.75, 3.05) is 0 Å². The minimum Gasteiger partial charge on any atom is -0.489 e. The van der Waals surface area contributed by atoms with Gasteiger partial charge in [0.25, 0.3) is 0 Å². The van der Waals surface area contributed by atoms with Gasteiger partial charge in [-0.1, -0.05) is 37.3 Å². The van der Waals surface area contributed by atoms with Crippen LogP contribution in [0, 0.1) is 0 Å². The van der Waals surface area contributed by atoms with Gasteiger partial charge in [0.2, 0.25) is 0 Å². The van der Waals surface area contributed by atoms with Crippen molar-refractivity contribution in [1.82, 2.24) is 0 Å². The highest BCUT2D eigenvalue weighted by molar-refractivity contribution is 5.34. The molecule has 0 spiro atoms. The molecule has 112 valence electrons. The van der Waals surface area contributed by atoms with Crippen LogP contribution in [0.25, 0.3) is 0 Å². The van der Waals surface area contributed by atoms with Crippen molar-refractivity contribution >= 4 is 0 Å². The number of aryl methyl sites for hydroxylation is 1. The monoisotopic (exact) mass is 296 g/mol. The Bertz CT molecular complexity index is 577. The van der Waals surface area contributed by atoms with Gasteiger partial charge in [-0.2, -0.15) is 0 Å². The molecule has 5 heteroatoms. The highest BCUT2D eigenvalue weighted by Crippen LogP contribution is 2.24. The van der Waals surface area contributed by atoms with Crippen LogP contribution >= 0.6 is 0 Å². The summed E-state index contributed by atoms with van der Waals surface area (Å²) in [5.41, 5.74) is 1.87. The number of alkyl halides is 3. The molecule has 2 aromatic rings. The first-order chi connectivity index (χ1) is 9.98. The van der Waals surface area contributed by atoms with Crippen LogP contribution < -0.4 is 9.47 Å². The minimum atomic E-state index is -4.67. The SMILES string of the molecule is CCc1ccccc1OCc1ccc(OC(F)(F)F)cc1. The van der Waals surface area contributed by atoms with Crippen molar-refractivity contribution in [2.45, 2.75) is 26.3 Å². The summed E-state index contributed by atoms with van der Waals surface area (Å²) in [6.07, 6.45) is -3.81. The second-order valence-corrected chi connectivity index (χ2v) is 4.44. The van der Waals surface area contributed by atoms with Crippen LogP contribution in [0.2, 0.25) is 0 Å². The first-order valence-electron chi connectivity index (χ1n) is 6.53. The summed E-state index contributed by atoms with van der Waals surface area (Å²) in [6, 6.07) is 13.3. The fourth-order valence-electron chi connectivity index (χ4n) is 1.89. The van der Waals surface area contributed by atoms with Gasteiger partial charge in [0.05, 0.1) is 0 Å². The summed E-state index contributed by atoms with van der Waals surface area (Å²) >= 11 is 0. The molecule has 0 bridgehead atoms. The average molecular weight is 296 g/mol. The van der Waals surface area contributed by atoms with Crippen LogP contribution in [0.1, 0.15) is 18.1 Å². The largest absolute Gasteiger partial charge is 0.573 e. The Morgan fingerprint density at radius 1 is 0.952 bits per heavy atom. The van der Waals surface area contributed by atoms with Gasteiger partial charge in [0, 0.05) is 0 Å². The third-order valence-electron chi connectivity index (χ3n) is 2.90. The maximum Gasteiger partial charge on any atom is 0.573 e. The Kier molecular flexibility index (Phi) is 4.73. The zero-order valence-corrected chi connectivity index (χ0v) is 11.5. The molecule has 0 heterocycles. The number of benzene rings is 2.